The quantitative estimate of drug-likeness (QED) is 0.843. The zero-order valence-electron chi connectivity index (χ0n) is 9.29. The van der Waals surface area contributed by atoms with Crippen LogP contribution in [0.5, 0.6) is 0 Å². The van der Waals surface area contributed by atoms with E-state index in [1.807, 2.05) is 18.2 Å². The summed E-state index contributed by atoms with van der Waals surface area (Å²) in [6.07, 6.45) is 5.55. The lowest BCUT2D eigenvalue weighted by Gasteiger charge is -2.31. The van der Waals surface area contributed by atoms with Gasteiger partial charge in [0.2, 0.25) is 0 Å². The molecule has 1 aromatic rings. The zero-order chi connectivity index (χ0) is 11.4. The van der Waals surface area contributed by atoms with Crippen molar-refractivity contribution in [2.24, 2.45) is 0 Å². The van der Waals surface area contributed by atoms with Crippen LogP contribution in [0, 0.1) is 0 Å². The Morgan fingerprint density at radius 1 is 1.19 bits per heavy atom. The van der Waals surface area contributed by atoms with Crippen molar-refractivity contribution in [1.29, 1.82) is 0 Å². The van der Waals surface area contributed by atoms with Crippen LogP contribution in [-0.4, -0.2) is 16.5 Å². The molecule has 0 saturated heterocycles. The Kier molecular flexibility index (Phi) is 4.34. The molecule has 0 amide bonds. The number of halogens is 1. The van der Waals surface area contributed by atoms with E-state index < -0.39 is 5.60 Å². The highest BCUT2D eigenvalue weighted by Gasteiger charge is 2.29. The van der Waals surface area contributed by atoms with E-state index >= 15 is 0 Å². The summed E-state index contributed by atoms with van der Waals surface area (Å²) in [5, 5.41) is 10.4. The van der Waals surface area contributed by atoms with Gasteiger partial charge in [-0.15, -0.1) is 11.8 Å². The first-order valence-corrected chi connectivity index (χ1v) is 7.57. The van der Waals surface area contributed by atoms with Crippen molar-refractivity contribution in [3.05, 3.63) is 28.7 Å². The first-order chi connectivity index (χ1) is 7.70. The molecule has 0 aromatic heterocycles. The fourth-order valence-electron chi connectivity index (χ4n) is 2.13. The molecule has 2 rings (SSSR count). The molecule has 0 bridgehead atoms. The highest BCUT2D eigenvalue weighted by molar-refractivity contribution is 9.10. The van der Waals surface area contributed by atoms with Crippen molar-refractivity contribution in [2.75, 3.05) is 5.75 Å². The summed E-state index contributed by atoms with van der Waals surface area (Å²) in [7, 11) is 0. The van der Waals surface area contributed by atoms with E-state index in [1.54, 1.807) is 11.8 Å². The van der Waals surface area contributed by atoms with Crippen molar-refractivity contribution < 1.29 is 5.11 Å². The Hall–Kier alpha value is 0.01000. The van der Waals surface area contributed by atoms with Gasteiger partial charge >= 0.3 is 0 Å². The number of hydrogen-bond acceptors (Lipinski definition) is 2. The molecule has 0 unspecified atom stereocenters. The molecule has 1 saturated carbocycles. The van der Waals surface area contributed by atoms with E-state index in [0.29, 0.717) is 0 Å². The molecule has 0 atom stereocenters. The van der Waals surface area contributed by atoms with Crippen LogP contribution in [0.15, 0.2) is 33.6 Å². The monoisotopic (exact) mass is 300 g/mol. The third-order valence-corrected chi connectivity index (χ3v) is 5.42. The van der Waals surface area contributed by atoms with Crippen molar-refractivity contribution >= 4 is 27.7 Å². The van der Waals surface area contributed by atoms with Gasteiger partial charge in [-0.25, -0.2) is 0 Å². The lowest BCUT2D eigenvalue weighted by molar-refractivity contribution is 0.0273. The van der Waals surface area contributed by atoms with Gasteiger partial charge in [-0.3, -0.25) is 0 Å². The summed E-state index contributed by atoms with van der Waals surface area (Å²) in [5.74, 6) is 0.815. The van der Waals surface area contributed by atoms with Gasteiger partial charge in [-0.2, -0.15) is 0 Å². The molecule has 1 N–H and O–H groups in total. The molecular formula is C13H17BrOS. The maximum absolute atomic E-state index is 10.4. The fraction of sp³-hybridized carbons (Fsp3) is 0.538. The molecule has 1 nitrogen and oxygen atoms in total. The van der Waals surface area contributed by atoms with Gasteiger partial charge in [0.15, 0.2) is 0 Å². The molecule has 0 spiro atoms. The Bertz CT molecular complexity index is 348. The Labute approximate surface area is 110 Å². The third-order valence-electron chi connectivity index (χ3n) is 3.12. The Morgan fingerprint density at radius 3 is 2.56 bits per heavy atom. The zero-order valence-corrected chi connectivity index (χ0v) is 11.7. The van der Waals surface area contributed by atoms with Crippen LogP contribution in [0.2, 0.25) is 0 Å². The molecule has 1 aromatic carbocycles. The number of hydrogen-bond donors (Lipinski definition) is 1. The number of benzene rings is 1. The molecular weight excluding hydrogens is 284 g/mol. The number of thioether (sulfide) groups is 1. The maximum atomic E-state index is 10.4. The van der Waals surface area contributed by atoms with Gasteiger partial charge in [0.25, 0.3) is 0 Å². The topological polar surface area (TPSA) is 20.2 Å². The summed E-state index contributed by atoms with van der Waals surface area (Å²) in [4.78, 5) is 1.22. The summed E-state index contributed by atoms with van der Waals surface area (Å²) >= 11 is 5.29. The fourth-order valence-corrected chi connectivity index (χ4v) is 3.85. The standard InChI is InChI=1S/C13H17BrOS/c14-11-6-2-3-7-12(11)16-10-13(15)8-4-1-5-9-13/h2-3,6-7,15H,1,4-5,8-10H2. The predicted molar refractivity (Wildman–Crippen MR) is 72.9 cm³/mol. The van der Waals surface area contributed by atoms with Crippen molar-refractivity contribution in [3.63, 3.8) is 0 Å². The molecule has 1 fully saturated rings. The molecule has 3 heteroatoms. The molecule has 0 heterocycles. The van der Waals surface area contributed by atoms with Crippen LogP contribution < -0.4 is 0 Å². The average Bonchev–Trinajstić information content (AvgIpc) is 2.29. The van der Waals surface area contributed by atoms with E-state index in [-0.39, 0.29) is 0 Å². The van der Waals surface area contributed by atoms with Crippen LogP contribution in [0.25, 0.3) is 0 Å². The summed E-state index contributed by atoms with van der Waals surface area (Å²) in [5.41, 5.74) is -0.432. The molecule has 1 aliphatic carbocycles. The lowest BCUT2D eigenvalue weighted by Crippen LogP contribution is -2.33. The SMILES string of the molecule is OC1(CSc2ccccc2Br)CCCCC1. The Morgan fingerprint density at radius 2 is 1.88 bits per heavy atom. The normalized spacial score (nSPS) is 19.6. The van der Waals surface area contributed by atoms with Gasteiger partial charge < -0.3 is 5.11 Å². The summed E-state index contributed by atoms with van der Waals surface area (Å²) in [6, 6.07) is 8.20. The smallest absolute Gasteiger partial charge is 0.0741 e. The first-order valence-electron chi connectivity index (χ1n) is 5.79. The molecule has 0 aliphatic heterocycles. The largest absolute Gasteiger partial charge is 0.389 e. The third kappa shape index (κ3) is 3.25. The minimum Gasteiger partial charge on any atom is -0.389 e. The van der Waals surface area contributed by atoms with Gasteiger partial charge in [0.05, 0.1) is 5.60 Å². The second-order valence-corrected chi connectivity index (χ2v) is 6.38. The number of aliphatic hydroxyl groups is 1. The summed E-state index contributed by atoms with van der Waals surface area (Å²) in [6.45, 7) is 0. The van der Waals surface area contributed by atoms with Crippen LogP contribution in [-0.2, 0) is 0 Å². The van der Waals surface area contributed by atoms with Crippen molar-refractivity contribution in [3.8, 4) is 0 Å². The van der Waals surface area contributed by atoms with Crippen LogP contribution in [0.1, 0.15) is 32.1 Å². The molecule has 88 valence electrons. The molecule has 1 aliphatic rings. The Balaban J connectivity index is 1.94. The van der Waals surface area contributed by atoms with Gasteiger partial charge in [0, 0.05) is 15.1 Å². The highest BCUT2D eigenvalue weighted by Crippen LogP contribution is 2.35. The second kappa shape index (κ2) is 5.56. The minimum atomic E-state index is -0.432. The van der Waals surface area contributed by atoms with Gasteiger partial charge in [0.1, 0.15) is 0 Å². The minimum absolute atomic E-state index is 0.432. The second-order valence-electron chi connectivity index (χ2n) is 4.50. The van der Waals surface area contributed by atoms with Crippen LogP contribution in [0.3, 0.4) is 0 Å². The highest BCUT2D eigenvalue weighted by atomic mass is 79.9. The summed E-state index contributed by atoms with van der Waals surface area (Å²) < 4.78 is 1.12. The first kappa shape index (κ1) is 12.5. The van der Waals surface area contributed by atoms with Gasteiger partial charge in [-0.1, -0.05) is 31.4 Å². The van der Waals surface area contributed by atoms with E-state index in [4.69, 9.17) is 0 Å². The maximum Gasteiger partial charge on any atom is 0.0741 e. The van der Waals surface area contributed by atoms with E-state index in [9.17, 15) is 5.11 Å². The lowest BCUT2D eigenvalue weighted by atomic mass is 9.86. The van der Waals surface area contributed by atoms with Crippen LogP contribution >= 0.6 is 27.7 Å². The van der Waals surface area contributed by atoms with E-state index in [1.165, 1.54) is 24.2 Å². The number of rotatable bonds is 3. The van der Waals surface area contributed by atoms with Crippen molar-refractivity contribution in [2.45, 2.75) is 42.6 Å². The average molecular weight is 301 g/mol. The van der Waals surface area contributed by atoms with Gasteiger partial charge in [-0.05, 0) is 40.9 Å². The van der Waals surface area contributed by atoms with Crippen LogP contribution in [0.4, 0.5) is 0 Å². The van der Waals surface area contributed by atoms with Crippen molar-refractivity contribution in [1.82, 2.24) is 0 Å². The molecule has 16 heavy (non-hydrogen) atoms. The van der Waals surface area contributed by atoms with E-state index in [0.717, 1.165) is 23.1 Å². The molecule has 0 radical (unpaired) electrons. The van der Waals surface area contributed by atoms with E-state index in [2.05, 4.69) is 22.0 Å². The predicted octanol–water partition coefficient (Wildman–Crippen LogP) is 4.24.